The molecule has 3 N–H and O–H groups in total. The molecule has 1 aliphatic carbocycles. The molecule has 0 aliphatic heterocycles. The van der Waals surface area contributed by atoms with Crippen LogP contribution in [-0.2, 0) is 0 Å². The zero-order chi connectivity index (χ0) is 15.3. The third kappa shape index (κ3) is 4.74. The van der Waals surface area contributed by atoms with Gasteiger partial charge in [-0.1, -0.05) is 13.8 Å². The summed E-state index contributed by atoms with van der Waals surface area (Å²) in [6.07, 6.45) is 4.91. The van der Waals surface area contributed by atoms with Crippen LogP contribution in [0.25, 0.3) is 0 Å². The largest absolute Gasteiger partial charge is 0.395 e. The van der Waals surface area contributed by atoms with Gasteiger partial charge >= 0.3 is 0 Å². The molecule has 0 radical (unpaired) electrons. The van der Waals surface area contributed by atoms with Crippen LogP contribution in [-0.4, -0.2) is 30.2 Å². The molecule has 0 atom stereocenters. The van der Waals surface area contributed by atoms with Crippen molar-refractivity contribution in [3.05, 3.63) is 29.8 Å². The molecule has 116 valence electrons. The minimum atomic E-state index is -0.144. The number of rotatable bonds is 5. The van der Waals surface area contributed by atoms with Crippen molar-refractivity contribution in [3.8, 4) is 0 Å². The number of hydrogen-bond acceptors (Lipinski definition) is 3. The van der Waals surface area contributed by atoms with Gasteiger partial charge in [-0.25, -0.2) is 0 Å². The summed E-state index contributed by atoms with van der Waals surface area (Å²) in [4.78, 5) is 11.7. The molecule has 1 amide bonds. The highest BCUT2D eigenvalue weighted by Crippen LogP contribution is 2.36. The maximum Gasteiger partial charge on any atom is 0.251 e. The molecular weight excluding hydrogens is 264 g/mol. The molecule has 0 bridgehead atoms. The molecule has 4 heteroatoms. The van der Waals surface area contributed by atoms with E-state index in [1.54, 1.807) is 0 Å². The van der Waals surface area contributed by atoms with Gasteiger partial charge in [0.05, 0.1) is 6.61 Å². The van der Waals surface area contributed by atoms with Gasteiger partial charge in [-0.05, 0) is 55.4 Å². The second-order valence-corrected chi connectivity index (χ2v) is 6.64. The van der Waals surface area contributed by atoms with Crippen LogP contribution >= 0.6 is 0 Å². The van der Waals surface area contributed by atoms with Crippen LogP contribution in [0, 0.1) is 5.41 Å². The van der Waals surface area contributed by atoms with E-state index in [0.29, 0.717) is 17.0 Å². The molecule has 0 unspecified atom stereocenters. The van der Waals surface area contributed by atoms with Gasteiger partial charge in [0.1, 0.15) is 0 Å². The second-order valence-electron chi connectivity index (χ2n) is 6.64. The Balaban J connectivity index is 1.86. The summed E-state index contributed by atoms with van der Waals surface area (Å²) in [7, 11) is 0. The third-order valence-electron chi connectivity index (χ3n) is 4.25. The number of hydrogen-bond donors (Lipinski definition) is 3. The first kappa shape index (κ1) is 15.8. The number of amides is 1. The highest BCUT2D eigenvalue weighted by molar-refractivity contribution is 5.94. The van der Waals surface area contributed by atoms with Gasteiger partial charge in [0, 0.05) is 23.8 Å². The zero-order valence-corrected chi connectivity index (χ0v) is 13.0. The highest BCUT2D eigenvalue weighted by atomic mass is 16.3. The van der Waals surface area contributed by atoms with E-state index in [2.05, 4.69) is 24.5 Å². The second kappa shape index (κ2) is 6.94. The fourth-order valence-electron chi connectivity index (χ4n) is 2.77. The Morgan fingerprint density at radius 3 is 2.43 bits per heavy atom. The van der Waals surface area contributed by atoms with Crippen LogP contribution in [0.15, 0.2) is 24.3 Å². The van der Waals surface area contributed by atoms with Crippen LogP contribution in [0.1, 0.15) is 49.9 Å². The number of anilines is 1. The first-order valence-corrected chi connectivity index (χ1v) is 7.76. The average Bonchev–Trinajstić information content (AvgIpc) is 2.48. The van der Waals surface area contributed by atoms with Crippen LogP contribution in [0.5, 0.6) is 0 Å². The molecule has 21 heavy (non-hydrogen) atoms. The quantitative estimate of drug-likeness (QED) is 0.781. The van der Waals surface area contributed by atoms with Gasteiger partial charge in [0.15, 0.2) is 0 Å². The lowest BCUT2D eigenvalue weighted by atomic mass is 9.75. The molecule has 1 fully saturated rings. The van der Waals surface area contributed by atoms with Gasteiger partial charge in [-0.2, -0.15) is 0 Å². The van der Waals surface area contributed by atoms with Crippen molar-refractivity contribution in [2.24, 2.45) is 5.41 Å². The van der Waals surface area contributed by atoms with Crippen molar-refractivity contribution in [1.82, 2.24) is 5.32 Å². The standard InChI is InChI=1S/C17H26N2O2/c1-17(2)9-7-15(8-10-17)19-14-5-3-13(4-6-14)16(21)18-11-12-20/h3-6,15,19-20H,7-12H2,1-2H3,(H,18,21). The Kier molecular flexibility index (Phi) is 5.23. The Hall–Kier alpha value is -1.55. The molecule has 0 heterocycles. The van der Waals surface area contributed by atoms with Crippen molar-refractivity contribution >= 4 is 11.6 Å². The van der Waals surface area contributed by atoms with E-state index in [1.807, 2.05) is 24.3 Å². The molecule has 4 nitrogen and oxygen atoms in total. The summed E-state index contributed by atoms with van der Waals surface area (Å²) < 4.78 is 0. The van der Waals surface area contributed by atoms with Crippen molar-refractivity contribution in [1.29, 1.82) is 0 Å². The van der Waals surface area contributed by atoms with Crippen molar-refractivity contribution < 1.29 is 9.90 Å². The van der Waals surface area contributed by atoms with E-state index < -0.39 is 0 Å². The molecule has 0 spiro atoms. The summed E-state index contributed by atoms with van der Waals surface area (Å²) in [5.41, 5.74) is 2.17. The normalized spacial score (nSPS) is 18.2. The zero-order valence-electron chi connectivity index (χ0n) is 13.0. The van der Waals surface area contributed by atoms with Crippen LogP contribution in [0.3, 0.4) is 0 Å². The lowest BCUT2D eigenvalue weighted by Gasteiger charge is -2.35. The SMILES string of the molecule is CC1(C)CCC(Nc2ccc(C(=O)NCCO)cc2)CC1. The van der Waals surface area contributed by atoms with E-state index in [1.165, 1.54) is 25.7 Å². The molecule has 0 saturated heterocycles. The van der Waals surface area contributed by atoms with E-state index >= 15 is 0 Å². The lowest BCUT2D eigenvalue weighted by Crippen LogP contribution is -2.30. The summed E-state index contributed by atoms with van der Waals surface area (Å²) in [5, 5.41) is 14.9. The summed E-state index contributed by atoms with van der Waals surface area (Å²) in [6.45, 7) is 4.92. The number of carbonyl (C=O) groups is 1. The number of aliphatic hydroxyl groups excluding tert-OH is 1. The molecule has 1 saturated carbocycles. The minimum absolute atomic E-state index is 0.0383. The fourth-order valence-corrected chi connectivity index (χ4v) is 2.77. The summed E-state index contributed by atoms with van der Waals surface area (Å²) >= 11 is 0. The number of aliphatic hydroxyl groups is 1. The van der Waals surface area contributed by atoms with Gasteiger partial charge in [0.25, 0.3) is 5.91 Å². The van der Waals surface area contributed by atoms with Crippen LogP contribution in [0.2, 0.25) is 0 Å². The Morgan fingerprint density at radius 2 is 1.86 bits per heavy atom. The number of nitrogens with one attached hydrogen (secondary N) is 2. The molecule has 1 aromatic rings. The monoisotopic (exact) mass is 290 g/mol. The number of benzene rings is 1. The van der Waals surface area contributed by atoms with Crippen molar-refractivity contribution in [2.75, 3.05) is 18.5 Å². The lowest BCUT2D eigenvalue weighted by molar-refractivity contribution is 0.0945. The predicted molar refractivity (Wildman–Crippen MR) is 85.5 cm³/mol. The third-order valence-corrected chi connectivity index (χ3v) is 4.25. The van der Waals surface area contributed by atoms with E-state index in [9.17, 15) is 4.79 Å². The fraction of sp³-hybridized carbons (Fsp3) is 0.588. The highest BCUT2D eigenvalue weighted by Gasteiger charge is 2.26. The topological polar surface area (TPSA) is 61.4 Å². The van der Waals surface area contributed by atoms with E-state index in [0.717, 1.165) is 5.69 Å². The summed E-state index contributed by atoms with van der Waals surface area (Å²) in [5.74, 6) is -0.144. The first-order chi connectivity index (χ1) is 10.00. The number of carbonyl (C=O) groups excluding carboxylic acids is 1. The Bertz CT molecular complexity index is 458. The van der Waals surface area contributed by atoms with Gasteiger partial charge in [-0.15, -0.1) is 0 Å². The Morgan fingerprint density at radius 1 is 1.24 bits per heavy atom. The summed E-state index contributed by atoms with van der Waals surface area (Å²) in [6, 6.07) is 8.08. The van der Waals surface area contributed by atoms with Crippen LogP contribution in [0.4, 0.5) is 5.69 Å². The molecule has 2 rings (SSSR count). The molecule has 1 aliphatic rings. The van der Waals surface area contributed by atoms with Crippen LogP contribution < -0.4 is 10.6 Å². The Labute approximate surface area is 126 Å². The van der Waals surface area contributed by atoms with Gasteiger partial charge < -0.3 is 15.7 Å². The average molecular weight is 290 g/mol. The first-order valence-electron chi connectivity index (χ1n) is 7.76. The minimum Gasteiger partial charge on any atom is -0.395 e. The predicted octanol–water partition coefficient (Wildman–Crippen LogP) is 2.79. The van der Waals surface area contributed by atoms with Gasteiger partial charge in [-0.3, -0.25) is 4.79 Å². The molecular formula is C17H26N2O2. The van der Waals surface area contributed by atoms with Gasteiger partial charge in [0.2, 0.25) is 0 Å². The maximum absolute atomic E-state index is 11.7. The van der Waals surface area contributed by atoms with Crippen molar-refractivity contribution in [3.63, 3.8) is 0 Å². The molecule has 1 aromatic carbocycles. The van der Waals surface area contributed by atoms with E-state index in [4.69, 9.17) is 5.11 Å². The molecule has 0 aromatic heterocycles. The van der Waals surface area contributed by atoms with E-state index in [-0.39, 0.29) is 19.1 Å². The smallest absolute Gasteiger partial charge is 0.251 e. The maximum atomic E-state index is 11.7. The van der Waals surface area contributed by atoms with Crippen molar-refractivity contribution in [2.45, 2.75) is 45.6 Å².